The SMILES string of the molecule is CCCCc1c(C)c(C)cc(C)c1O. The number of unbranched alkanes of at least 4 members (excludes halogenated alkanes) is 1. The Kier molecular flexibility index (Phi) is 3.56. The first-order valence-electron chi connectivity index (χ1n) is 5.36. The largest absolute Gasteiger partial charge is 0.507 e. The Hall–Kier alpha value is -0.980. The molecule has 1 aromatic rings. The van der Waals surface area contributed by atoms with Crippen molar-refractivity contribution in [2.45, 2.75) is 47.0 Å². The maximum Gasteiger partial charge on any atom is 0.121 e. The Morgan fingerprint density at radius 2 is 1.79 bits per heavy atom. The summed E-state index contributed by atoms with van der Waals surface area (Å²) < 4.78 is 0. The third-order valence-electron chi connectivity index (χ3n) is 2.92. The summed E-state index contributed by atoms with van der Waals surface area (Å²) in [6, 6.07) is 2.06. The normalized spacial score (nSPS) is 10.6. The maximum absolute atomic E-state index is 9.93. The van der Waals surface area contributed by atoms with Crippen LogP contribution in [0, 0.1) is 20.8 Å². The zero-order chi connectivity index (χ0) is 10.7. The van der Waals surface area contributed by atoms with E-state index in [4.69, 9.17) is 0 Å². The number of phenolic OH excluding ortho intramolecular Hbond substituents is 1. The quantitative estimate of drug-likeness (QED) is 0.775. The van der Waals surface area contributed by atoms with Crippen molar-refractivity contribution in [1.29, 1.82) is 0 Å². The van der Waals surface area contributed by atoms with Gasteiger partial charge in [-0.15, -0.1) is 0 Å². The molecule has 0 unspecified atom stereocenters. The average Bonchev–Trinajstić information content (AvgIpc) is 2.15. The number of aromatic hydroxyl groups is 1. The van der Waals surface area contributed by atoms with Gasteiger partial charge in [-0.05, 0) is 55.9 Å². The highest BCUT2D eigenvalue weighted by Crippen LogP contribution is 2.29. The van der Waals surface area contributed by atoms with Gasteiger partial charge in [-0.25, -0.2) is 0 Å². The van der Waals surface area contributed by atoms with Crippen LogP contribution in [0.15, 0.2) is 6.07 Å². The molecule has 14 heavy (non-hydrogen) atoms. The summed E-state index contributed by atoms with van der Waals surface area (Å²) in [6.45, 7) is 8.35. The van der Waals surface area contributed by atoms with Crippen molar-refractivity contribution in [2.75, 3.05) is 0 Å². The summed E-state index contributed by atoms with van der Waals surface area (Å²) in [4.78, 5) is 0. The standard InChI is InChI=1S/C13H20O/c1-5-6-7-12-11(4)9(2)8-10(3)13(12)14/h8,14H,5-7H2,1-4H3. The van der Waals surface area contributed by atoms with E-state index in [1.54, 1.807) is 0 Å². The molecule has 0 aliphatic rings. The highest BCUT2D eigenvalue weighted by Gasteiger charge is 2.09. The van der Waals surface area contributed by atoms with E-state index in [1.165, 1.54) is 17.5 Å². The van der Waals surface area contributed by atoms with Crippen LogP contribution in [0.1, 0.15) is 42.0 Å². The fraction of sp³-hybridized carbons (Fsp3) is 0.538. The highest BCUT2D eigenvalue weighted by molar-refractivity contribution is 5.48. The van der Waals surface area contributed by atoms with Crippen LogP contribution in [0.4, 0.5) is 0 Å². The molecular formula is C13H20O. The Morgan fingerprint density at radius 3 is 2.36 bits per heavy atom. The van der Waals surface area contributed by atoms with Gasteiger partial charge in [-0.1, -0.05) is 19.4 Å². The summed E-state index contributed by atoms with van der Waals surface area (Å²) in [5, 5.41) is 9.93. The van der Waals surface area contributed by atoms with E-state index < -0.39 is 0 Å². The lowest BCUT2D eigenvalue weighted by Gasteiger charge is -2.13. The van der Waals surface area contributed by atoms with Gasteiger partial charge in [0.15, 0.2) is 0 Å². The Bertz CT molecular complexity index is 300. The van der Waals surface area contributed by atoms with Gasteiger partial charge in [-0.3, -0.25) is 0 Å². The van der Waals surface area contributed by atoms with Crippen LogP contribution < -0.4 is 0 Å². The molecule has 0 amide bonds. The summed E-state index contributed by atoms with van der Waals surface area (Å²) >= 11 is 0. The smallest absolute Gasteiger partial charge is 0.121 e. The van der Waals surface area contributed by atoms with Crippen LogP contribution in [0.25, 0.3) is 0 Å². The number of benzene rings is 1. The Balaban J connectivity index is 3.11. The van der Waals surface area contributed by atoms with Crippen molar-refractivity contribution in [3.8, 4) is 5.75 Å². The number of hydrogen-bond donors (Lipinski definition) is 1. The lowest BCUT2D eigenvalue weighted by Crippen LogP contribution is -1.95. The molecule has 0 saturated heterocycles. The van der Waals surface area contributed by atoms with Gasteiger partial charge in [-0.2, -0.15) is 0 Å². The third-order valence-corrected chi connectivity index (χ3v) is 2.92. The zero-order valence-corrected chi connectivity index (χ0v) is 9.65. The minimum Gasteiger partial charge on any atom is -0.507 e. The number of hydrogen-bond acceptors (Lipinski definition) is 1. The van der Waals surface area contributed by atoms with E-state index in [0.717, 1.165) is 24.0 Å². The molecule has 1 aromatic carbocycles. The molecular weight excluding hydrogens is 172 g/mol. The van der Waals surface area contributed by atoms with E-state index in [-0.39, 0.29) is 0 Å². The minimum atomic E-state index is 0.501. The van der Waals surface area contributed by atoms with Crippen LogP contribution in [0.3, 0.4) is 0 Å². The van der Waals surface area contributed by atoms with Crippen LogP contribution in [0.5, 0.6) is 5.75 Å². The molecule has 0 spiro atoms. The second-order valence-corrected chi connectivity index (χ2v) is 4.07. The maximum atomic E-state index is 9.93. The van der Waals surface area contributed by atoms with E-state index in [9.17, 15) is 5.11 Å². The predicted octanol–water partition coefficient (Wildman–Crippen LogP) is 3.66. The van der Waals surface area contributed by atoms with Crippen LogP contribution >= 0.6 is 0 Å². The fourth-order valence-electron chi connectivity index (χ4n) is 1.81. The first-order valence-corrected chi connectivity index (χ1v) is 5.36. The van der Waals surface area contributed by atoms with Crippen LogP contribution in [-0.2, 0) is 6.42 Å². The average molecular weight is 192 g/mol. The van der Waals surface area contributed by atoms with Gasteiger partial charge in [0.2, 0.25) is 0 Å². The first-order chi connectivity index (χ1) is 6.57. The van der Waals surface area contributed by atoms with Crippen molar-refractivity contribution in [3.05, 3.63) is 28.3 Å². The molecule has 78 valence electrons. The van der Waals surface area contributed by atoms with Crippen molar-refractivity contribution >= 4 is 0 Å². The van der Waals surface area contributed by atoms with Crippen LogP contribution in [-0.4, -0.2) is 5.11 Å². The number of rotatable bonds is 3. The topological polar surface area (TPSA) is 20.2 Å². The predicted molar refractivity (Wildman–Crippen MR) is 60.9 cm³/mol. The van der Waals surface area contributed by atoms with Gasteiger partial charge in [0.25, 0.3) is 0 Å². The number of aryl methyl sites for hydroxylation is 2. The van der Waals surface area contributed by atoms with Crippen molar-refractivity contribution < 1.29 is 5.11 Å². The van der Waals surface area contributed by atoms with E-state index in [2.05, 4.69) is 26.8 Å². The molecule has 0 aliphatic heterocycles. The van der Waals surface area contributed by atoms with Crippen molar-refractivity contribution in [3.63, 3.8) is 0 Å². The molecule has 0 radical (unpaired) electrons. The van der Waals surface area contributed by atoms with Gasteiger partial charge >= 0.3 is 0 Å². The summed E-state index contributed by atoms with van der Waals surface area (Å²) in [6.07, 6.45) is 3.32. The van der Waals surface area contributed by atoms with E-state index in [0.29, 0.717) is 5.75 Å². The molecule has 0 heterocycles. The highest BCUT2D eigenvalue weighted by atomic mass is 16.3. The Morgan fingerprint density at radius 1 is 1.14 bits per heavy atom. The molecule has 0 atom stereocenters. The first kappa shape index (κ1) is 11.1. The monoisotopic (exact) mass is 192 g/mol. The summed E-state index contributed by atoms with van der Waals surface area (Å²) in [5.74, 6) is 0.501. The second-order valence-electron chi connectivity index (χ2n) is 4.07. The summed E-state index contributed by atoms with van der Waals surface area (Å²) in [7, 11) is 0. The van der Waals surface area contributed by atoms with Gasteiger partial charge in [0.05, 0.1) is 0 Å². The van der Waals surface area contributed by atoms with Gasteiger partial charge < -0.3 is 5.11 Å². The molecule has 1 rings (SSSR count). The molecule has 0 fully saturated rings. The second kappa shape index (κ2) is 4.50. The number of phenols is 1. The molecule has 1 nitrogen and oxygen atoms in total. The molecule has 0 aliphatic carbocycles. The fourth-order valence-corrected chi connectivity index (χ4v) is 1.81. The molecule has 1 heteroatoms. The zero-order valence-electron chi connectivity index (χ0n) is 9.65. The molecule has 0 aromatic heterocycles. The molecule has 0 saturated carbocycles. The van der Waals surface area contributed by atoms with Crippen molar-refractivity contribution in [2.24, 2.45) is 0 Å². The van der Waals surface area contributed by atoms with E-state index in [1.807, 2.05) is 6.92 Å². The minimum absolute atomic E-state index is 0.501. The van der Waals surface area contributed by atoms with Gasteiger partial charge in [0, 0.05) is 0 Å². The molecule has 0 bridgehead atoms. The lowest BCUT2D eigenvalue weighted by atomic mass is 9.95. The third kappa shape index (κ3) is 2.09. The van der Waals surface area contributed by atoms with Crippen molar-refractivity contribution in [1.82, 2.24) is 0 Å². The van der Waals surface area contributed by atoms with E-state index >= 15 is 0 Å². The lowest BCUT2D eigenvalue weighted by molar-refractivity contribution is 0.461. The Labute approximate surface area is 86.8 Å². The van der Waals surface area contributed by atoms with Crippen LogP contribution in [0.2, 0.25) is 0 Å². The summed E-state index contributed by atoms with van der Waals surface area (Å²) in [5.41, 5.74) is 4.68. The molecule has 1 N–H and O–H groups in total. The van der Waals surface area contributed by atoms with Gasteiger partial charge in [0.1, 0.15) is 5.75 Å².